The second kappa shape index (κ2) is 8.22. The van der Waals surface area contributed by atoms with Crippen molar-refractivity contribution in [1.29, 1.82) is 0 Å². The normalized spacial score (nSPS) is 11.6. The Kier molecular flexibility index (Phi) is 5.46. The van der Waals surface area contributed by atoms with Crippen LogP contribution in [-0.4, -0.2) is 22.2 Å². The van der Waals surface area contributed by atoms with Crippen LogP contribution in [0.4, 0.5) is 17.6 Å². The molecule has 31 heavy (non-hydrogen) atoms. The molecule has 0 unspecified atom stereocenters. The Morgan fingerprint density at radius 3 is 2.42 bits per heavy atom. The smallest absolute Gasteiger partial charge is 0.352 e. The largest absolute Gasteiger partial charge is 0.434 e. The van der Waals surface area contributed by atoms with Gasteiger partial charge in [0.25, 0.3) is 5.91 Å². The summed E-state index contributed by atoms with van der Waals surface area (Å²) in [6.45, 7) is 0.138. The van der Waals surface area contributed by atoms with E-state index in [0.717, 1.165) is 28.6 Å². The van der Waals surface area contributed by atoms with E-state index in [9.17, 15) is 22.4 Å². The van der Waals surface area contributed by atoms with Crippen molar-refractivity contribution in [2.75, 3.05) is 6.54 Å². The third-order valence-corrected chi connectivity index (χ3v) is 4.88. The van der Waals surface area contributed by atoms with Gasteiger partial charge in [0.1, 0.15) is 11.5 Å². The van der Waals surface area contributed by atoms with Crippen molar-refractivity contribution in [3.05, 3.63) is 95.6 Å². The molecular formula is C23H17F4N3O. The topological polar surface area (TPSA) is 46.9 Å². The quantitative estimate of drug-likeness (QED) is 0.448. The molecule has 3 aromatic carbocycles. The molecule has 158 valence electrons. The lowest BCUT2D eigenvalue weighted by molar-refractivity contribution is -0.143. The summed E-state index contributed by atoms with van der Waals surface area (Å²) in [5.41, 5.74) is -1.42. The van der Waals surface area contributed by atoms with Gasteiger partial charge in [0, 0.05) is 6.54 Å². The van der Waals surface area contributed by atoms with Gasteiger partial charge < -0.3 is 5.32 Å². The second-order valence-electron chi connectivity index (χ2n) is 6.96. The monoisotopic (exact) mass is 427 g/mol. The summed E-state index contributed by atoms with van der Waals surface area (Å²) in [5, 5.41) is 8.25. The van der Waals surface area contributed by atoms with Gasteiger partial charge in [0.2, 0.25) is 0 Å². The number of hydrogen-bond acceptors (Lipinski definition) is 2. The number of para-hydroxylation sites is 1. The fourth-order valence-electron chi connectivity index (χ4n) is 3.40. The summed E-state index contributed by atoms with van der Waals surface area (Å²) >= 11 is 0. The van der Waals surface area contributed by atoms with Gasteiger partial charge in [0.15, 0.2) is 5.69 Å². The Morgan fingerprint density at radius 2 is 1.68 bits per heavy atom. The maximum absolute atomic E-state index is 14.0. The molecule has 8 heteroatoms. The lowest BCUT2D eigenvalue weighted by Gasteiger charge is -2.13. The Labute approximate surface area is 175 Å². The van der Waals surface area contributed by atoms with Crippen LogP contribution < -0.4 is 5.32 Å². The average molecular weight is 427 g/mol. The third-order valence-electron chi connectivity index (χ3n) is 4.88. The molecule has 0 saturated heterocycles. The highest BCUT2D eigenvalue weighted by Gasteiger charge is 2.40. The number of nitrogens with one attached hydrogen (secondary N) is 1. The van der Waals surface area contributed by atoms with E-state index in [1.54, 1.807) is 0 Å². The van der Waals surface area contributed by atoms with Gasteiger partial charge in [-0.1, -0.05) is 54.6 Å². The number of amides is 1. The summed E-state index contributed by atoms with van der Waals surface area (Å²) in [6.07, 6.45) is -3.65. The number of benzene rings is 3. The van der Waals surface area contributed by atoms with E-state index in [0.29, 0.717) is 11.1 Å². The number of carbonyl (C=O) groups is 1. The zero-order valence-corrected chi connectivity index (χ0v) is 16.2. The van der Waals surface area contributed by atoms with Gasteiger partial charge in [-0.3, -0.25) is 4.79 Å². The van der Waals surface area contributed by atoms with Crippen LogP contribution in [0.15, 0.2) is 72.9 Å². The van der Waals surface area contributed by atoms with Gasteiger partial charge in [-0.2, -0.15) is 18.3 Å². The van der Waals surface area contributed by atoms with Gasteiger partial charge in [-0.25, -0.2) is 9.07 Å². The Hall–Kier alpha value is -3.68. The number of carbonyl (C=O) groups excluding carboxylic acids is 1. The number of alkyl halides is 3. The van der Waals surface area contributed by atoms with Crippen molar-refractivity contribution in [1.82, 2.24) is 15.1 Å². The van der Waals surface area contributed by atoms with Crippen molar-refractivity contribution in [2.45, 2.75) is 12.6 Å². The maximum Gasteiger partial charge on any atom is 0.434 e. The number of halogens is 4. The van der Waals surface area contributed by atoms with E-state index in [1.807, 2.05) is 42.5 Å². The minimum absolute atomic E-state index is 0.138. The minimum Gasteiger partial charge on any atom is -0.352 e. The van der Waals surface area contributed by atoms with Crippen LogP contribution in [0.1, 0.15) is 21.6 Å². The zero-order valence-electron chi connectivity index (χ0n) is 16.2. The summed E-state index contributed by atoms with van der Waals surface area (Å²) in [5.74, 6) is -1.80. The highest BCUT2D eigenvalue weighted by atomic mass is 19.4. The zero-order chi connectivity index (χ0) is 22.0. The molecule has 0 atom stereocenters. The fraction of sp³-hybridized carbons (Fsp3) is 0.130. The van der Waals surface area contributed by atoms with Crippen molar-refractivity contribution in [2.24, 2.45) is 0 Å². The minimum atomic E-state index is -4.90. The average Bonchev–Trinajstić information content (AvgIpc) is 3.19. The first kappa shape index (κ1) is 20.6. The van der Waals surface area contributed by atoms with Crippen LogP contribution in [0.5, 0.6) is 0 Å². The van der Waals surface area contributed by atoms with Crippen molar-refractivity contribution < 1.29 is 22.4 Å². The van der Waals surface area contributed by atoms with Gasteiger partial charge in [0.05, 0.1) is 11.8 Å². The standard InChI is InChI=1S/C23H17F4N3O/c24-19-7-3-4-8-20(19)30-21(23(25,26)27)18(14-29-30)22(31)28-12-11-15-9-10-16-5-1-2-6-17(16)13-15/h1-10,13-14H,11-12H2,(H,28,31). The van der Waals surface area contributed by atoms with Crippen LogP contribution in [-0.2, 0) is 12.6 Å². The SMILES string of the molecule is O=C(NCCc1ccc2ccccc2c1)c1cnn(-c2ccccc2F)c1C(F)(F)F. The highest BCUT2D eigenvalue weighted by Crippen LogP contribution is 2.34. The van der Waals surface area contributed by atoms with E-state index in [4.69, 9.17) is 0 Å². The molecular weight excluding hydrogens is 410 g/mol. The molecule has 4 aromatic rings. The number of nitrogens with zero attached hydrogens (tertiary/aromatic N) is 2. The van der Waals surface area contributed by atoms with Crippen molar-refractivity contribution >= 4 is 16.7 Å². The molecule has 1 aromatic heterocycles. The molecule has 1 heterocycles. The molecule has 0 spiro atoms. The molecule has 0 radical (unpaired) electrons. The predicted molar refractivity (Wildman–Crippen MR) is 109 cm³/mol. The van der Waals surface area contributed by atoms with Crippen LogP contribution in [0, 0.1) is 5.82 Å². The fourth-order valence-corrected chi connectivity index (χ4v) is 3.40. The Bertz CT molecular complexity index is 1250. The van der Waals surface area contributed by atoms with E-state index in [2.05, 4.69) is 10.4 Å². The number of fused-ring (bicyclic) bond motifs is 1. The first-order chi connectivity index (χ1) is 14.8. The first-order valence-electron chi connectivity index (χ1n) is 9.50. The molecule has 4 nitrogen and oxygen atoms in total. The first-order valence-corrected chi connectivity index (χ1v) is 9.50. The molecule has 4 rings (SSSR count). The number of rotatable bonds is 5. The number of hydrogen-bond donors (Lipinski definition) is 1. The van der Waals surface area contributed by atoms with Crippen LogP contribution in [0.2, 0.25) is 0 Å². The van der Waals surface area contributed by atoms with Gasteiger partial charge in [-0.15, -0.1) is 0 Å². The molecule has 0 aliphatic carbocycles. The molecule has 1 N–H and O–H groups in total. The van der Waals surface area contributed by atoms with Crippen LogP contribution >= 0.6 is 0 Å². The van der Waals surface area contributed by atoms with E-state index in [-0.39, 0.29) is 12.2 Å². The molecule has 0 aliphatic heterocycles. The molecule has 0 saturated carbocycles. The van der Waals surface area contributed by atoms with Gasteiger partial charge >= 0.3 is 6.18 Å². The molecule has 0 aliphatic rings. The summed E-state index contributed by atoms with van der Waals surface area (Å²) < 4.78 is 55.5. The van der Waals surface area contributed by atoms with E-state index < -0.39 is 29.2 Å². The Morgan fingerprint density at radius 1 is 0.968 bits per heavy atom. The van der Waals surface area contributed by atoms with Crippen molar-refractivity contribution in [3.8, 4) is 5.69 Å². The lowest BCUT2D eigenvalue weighted by atomic mass is 10.1. The molecule has 0 fully saturated rings. The van der Waals surface area contributed by atoms with Crippen LogP contribution in [0.3, 0.4) is 0 Å². The third kappa shape index (κ3) is 4.28. The van der Waals surface area contributed by atoms with Crippen molar-refractivity contribution in [3.63, 3.8) is 0 Å². The van der Waals surface area contributed by atoms with Crippen LogP contribution in [0.25, 0.3) is 16.5 Å². The Balaban J connectivity index is 1.53. The molecule has 1 amide bonds. The lowest BCUT2D eigenvalue weighted by Crippen LogP contribution is -2.28. The maximum atomic E-state index is 14.0. The molecule has 0 bridgehead atoms. The highest BCUT2D eigenvalue weighted by molar-refractivity contribution is 5.95. The van der Waals surface area contributed by atoms with E-state index in [1.165, 1.54) is 18.2 Å². The van der Waals surface area contributed by atoms with E-state index >= 15 is 0 Å². The summed E-state index contributed by atoms with van der Waals surface area (Å²) in [6, 6.07) is 18.6. The van der Waals surface area contributed by atoms with Gasteiger partial charge in [-0.05, 0) is 34.9 Å². The summed E-state index contributed by atoms with van der Waals surface area (Å²) in [4.78, 5) is 12.5. The second-order valence-corrected chi connectivity index (χ2v) is 6.96. The number of aromatic nitrogens is 2. The summed E-state index contributed by atoms with van der Waals surface area (Å²) in [7, 11) is 0. The predicted octanol–water partition coefficient (Wildman–Crippen LogP) is 5.16.